The minimum atomic E-state index is -0.0857. The van der Waals surface area contributed by atoms with E-state index < -0.39 is 0 Å². The Bertz CT molecular complexity index is 405. The normalized spacial score (nSPS) is 9.10. The van der Waals surface area contributed by atoms with Crippen molar-refractivity contribution >= 4 is 5.91 Å². The summed E-state index contributed by atoms with van der Waals surface area (Å²) in [5, 5.41) is 2.81. The molecule has 0 bridgehead atoms. The molecule has 0 saturated heterocycles. The molecule has 1 amide bonds. The van der Waals surface area contributed by atoms with Gasteiger partial charge in [-0.05, 0) is 17.7 Å². The fourth-order valence-corrected chi connectivity index (χ4v) is 1.22. The van der Waals surface area contributed by atoms with Gasteiger partial charge in [-0.2, -0.15) is 0 Å². The molecule has 20 heavy (non-hydrogen) atoms. The summed E-state index contributed by atoms with van der Waals surface area (Å²) in [4.78, 5) is 11.7. The summed E-state index contributed by atoms with van der Waals surface area (Å²) in [6.45, 7) is 15.7. The Kier molecular flexibility index (Phi) is 15.1. The average Bonchev–Trinajstić information content (AvgIpc) is 2.55. The molecule has 2 nitrogen and oxygen atoms in total. The van der Waals surface area contributed by atoms with Gasteiger partial charge in [-0.1, -0.05) is 77.3 Å². The van der Waals surface area contributed by atoms with Crippen molar-refractivity contribution in [2.75, 3.05) is 6.54 Å². The van der Waals surface area contributed by atoms with Gasteiger partial charge in [0.15, 0.2) is 0 Å². The zero-order valence-electron chi connectivity index (χ0n) is 13.1. The molecule has 1 rings (SSSR count). The second-order valence-electron chi connectivity index (χ2n) is 3.23. The molecule has 1 aromatic rings. The predicted molar refractivity (Wildman–Crippen MR) is 89.9 cm³/mol. The van der Waals surface area contributed by atoms with Gasteiger partial charge in [0.1, 0.15) is 0 Å². The van der Waals surface area contributed by atoms with E-state index in [-0.39, 0.29) is 5.91 Å². The van der Waals surface area contributed by atoms with Crippen molar-refractivity contribution in [1.82, 2.24) is 5.32 Å². The lowest BCUT2D eigenvalue weighted by atomic mass is 10.2. The van der Waals surface area contributed by atoms with Crippen molar-refractivity contribution in [2.24, 2.45) is 0 Å². The lowest BCUT2D eigenvalue weighted by Gasteiger charge is -2.05. The molecule has 0 unspecified atom stereocenters. The molecule has 1 N–H and O–H groups in total. The minimum Gasteiger partial charge on any atom is -0.348 e. The first-order valence-electron chi connectivity index (χ1n) is 7.05. The summed E-state index contributed by atoms with van der Waals surface area (Å²) in [5.41, 5.74) is 1.59. The third-order valence-corrected chi connectivity index (χ3v) is 2.08. The van der Waals surface area contributed by atoms with Crippen LogP contribution in [0.1, 0.15) is 38.1 Å². The molecule has 0 spiro atoms. The van der Waals surface area contributed by atoms with Crippen molar-refractivity contribution in [2.45, 2.75) is 27.7 Å². The fraction of sp³-hybridized carbons (Fsp3) is 0.278. The standard InChI is InChI=1S/C14H15NO.2C2H6/c1-3-8-12(4-2)11-15-14(16)13-9-6-5-7-10-13;2*1-2/h3-10H,1-2,11H2,(H,15,16);2*1-2H3/b12-8+;;. The summed E-state index contributed by atoms with van der Waals surface area (Å²) in [6.07, 6.45) is 5.19. The Labute approximate surface area is 123 Å². The Morgan fingerprint density at radius 2 is 1.65 bits per heavy atom. The molecule has 0 atom stereocenters. The van der Waals surface area contributed by atoms with Crippen LogP contribution in [0.4, 0.5) is 0 Å². The molecule has 0 fully saturated rings. The number of allylic oxidation sites excluding steroid dienone is 2. The minimum absolute atomic E-state index is 0.0857. The molecule has 0 aliphatic carbocycles. The quantitative estimate of drug-likeness (QED) is 0.769. The van der Waals surface area contributed by atoms with Crippen LogP contribution >= 0.6 is 0 Å². The Balaban J connectivity index is 0. The lowest BCUT2D eigenvalue weighted by molar-refractivity contribution is 0.0957. The predicted octanol–water partition coefficient (Wildman–Crippen LogP) is 4.77. The molecule has 110 valence electrons. The Hall–Kier alpha value is -2.09. The highest BCUT2D eigenvalue weighted by Crippen LogP contribution is 1.99. The molecule has 0 saturated carbocycles. The SMILES string of the molecule is C=C/C=C(\C=C)CNC(=O)c1ccccc1.CC.CC. The van der Waals surface area contributed by atoms with Crippen LogP contribution in [-0.4, -0.2) is 12.5 Å². The summed E-state index contributed by atoms with van der Waals surface area (Å²) < 4.78 is 0. The van der Waals surface area contributed by atoms with Crippen LogP contribution in [0.3, 0.4) is 0 Å². The fourth-order valence-electron chi connectivity index (χ4n) is 1.22. The van der Waals surface area contributed by atoms with Crippen LogP contribution < -0.4 is 5.32 Å². The van der Waals surface area contributed by atoms with E-state index in [0.29, 0.717) is 12.1 Å². The van der Waals surface area contributed by atoms with Gasteiger partial charge in [-0.3, -0.25) is 4.79 Å². The van der Waals surface area contributed by atoms with Crippen molar-refractivity contribution in [3.8, 4) is 0 Å². The van der Waals surface area contributed by atoms with Gasteiger partial charge in [0.2, 0.25) is 0 Å². The Morgan fingerprint density at radius 1 is 1.10 bits per heavy atom. The van der Waals surface area contributed by atoms with E-state index >= 15 is 0 Å². The van der Waals surface area contributed by atoms with E-state index in [4.69, 9.17) is 0 Å². The van der Waals surface area contributed by atoms with Gasteiger partial charge in [0, 0.05) is 12.1 Å². The second kappa shape index (κ2) is 15.0. The zero-order chi connectivity index (χ0) is 15.8. The summed E-state index contributed by atoms with van der Waals surface area (Å²) >= 11 is 0. The molecule has 0 radical (unpaired) electrons. The van der Waals surface area contributed by atoms with Crippen molar-refractivity contribution in [3.05, 3.63) is 72.9 Å². The largest absolute Gasteiger partial charge is 0.348 e. The van der Waals surface area contributed by atoms with E-state index in [2.05, 4.69) is 18.5 Å². The number of hydrogen-bond acceptors (Lipinski definition) is 1. The monoisotopic (exact) mass is 273 g/mol. The number of benzene rings is 1. The number of rotatable bonds is 5. The van der Waals surface area contributed by atoms with Crippen molar-refractivity contribution in [3.63, 3.8) is 0 Å². The van der Waals surface area contributed by atoms with Gasteiger partial charge in [0.05, 0.1) is 0 Å². The molecule has 2 heteroatoms. The van der Waals surface area contributed by atoms with Gasteiger partial charge in [0.25, 0.3) is 5.91 Å². The molecular weight excluding hydrogens is 246 g/mol. The number of nitrogens with one attached hydrogen (secondary N) is 1. The Morgan fingerprint density at radius 3 is 2.10 bits per heavy atom. The molecule has 0 heterocycles. The van der Waals surface area contributed by atoms with Crippen molar-refractivity contribution < 1.29 is 4.79 Å². The first-order valence-corrected chi connectivity index (χ1v) is 7.05. The van der Waals surface area contributed by atoms with Gasteiger partial charge < -0.3 is 5.32 Å². The maximum absolute atomic E-state index is 11.7. The van der Waals surface area contributed by atoms with Crippen molar-refractivity contribution in [1.29, 1.82) is 0 Å². The highest BCUT2D eigenvalue weighted by molar-refractivity contribution is 5.94. The van der Waals surface area contributed by atoms with Gasteiger partial charge >= 0.3 is 0 Å². The van der Waals surface area contributed by atoms with Crippen LogP contribution in [0, 0.1) is 0 Å². The van der Waals surface area contributed by atoms with E-state index in [1.54, 1.807) is 24.3 Å². The topological polar surface area (TPSA) is 29.1 Å². The van der Waals surface area contributed by atoms with E-state index in [1.165, 1.54) is 0 Å². The second-order valence-corrected chi connectivity index (χ2v) is 3.23. The third-order valence-electron chi connectivity index (χ3n) is 2.08. The number of amides is 1. The van der Waals surface area contributed by atoms with E-state index in [1.807, 2.05) is 52.0 Å². The van der Waals surface area contributed by atoms with Crippen LogP contribution in [0.2, 0.25) is 0 Å². The molecule has 1 aromatic carbocycles. The summed E-state index contributed by atoms with van der Waals surface area (Å²) in [7, 11) is 0. The first-order chi connectivity index (χ1) is 9.77. The summed E-state index contributed by atoms with van der Waals surface area (Å²) in [5.74, 6) is -0.0857. The number of carbonyl (C=O) groups is 1. The van der Waals surface area contributed by atoms with E-state index in [0.717, 1.165) is 5.57 Å². The van der Waals surface area contributed by atoms with Gasteiger partial charge in [-0.25, -0.2) is 0 Å². The van der Waals surface area contributed by atoms with Crippen LogP contribution in [0.25, 0.3) is 0 Å². The maximum Gasteiger partial charge on any atom is 0.251 e. The van der Waals surface area contributed by atoms with Crippen LogP contribution in [0.5, 0.6) is 0 Å². The molecular formula is C18H27NO. The smallest absolute Gasteiger partial charge is 0.251 e. The first kappa shape index (κ1) is 20.2. The molecule has 0 aliphatic rings. The maximum atomic E-state index is 11.7. The number of carbonyl (C=O) groups excluding carboxylic acids is 1. The van der Waals surface area contributed by atoms with Crippen LogP contribution in [0.15, 0.2) is 67.3 Å². The van der Waals surface area contributed by atoms with Gasteiger partial charge in [-0.15, -0.1) is 0 Å². The van der Waals surface area contributed by atoms with E-state index in [9.17, 15) is 4.79 Å². The number of hydrogen-bond donors (Lipinski definition) is 1. The molecule has 0 aliphatic heterocycles. The lowest BCUT2D eigenvalue weighted by Crippen LogP contribution is -2.25. The van der Waals surface area contributed by atoms with Crippen LogP contribution in [-0.2, 0) is 0 Å². The zero-order valence-corrected chi connectivity index (χ0v) is 13.1. The summed E-state index contributed by atoms with van der Waals surface area (Å²) in [6, 6.07) is 9.11. The average molecular weight is 273 g/mol. The third kappa shape index (κ3) is 8.92. The highest BCUT2D eigenvalue weighted by Gasteiger charge is 2.03. The highest BCUT2D eigenvalue weighted by atomic mass is 16.1. The molecule has 0 aromatic heterocycles.